The van der Waals surface area contributed by atoms with Crippen molar-refractivity contribution in [3.63, 3.8) is 0 Å². The van der Waals surface area contributed by atoms with Gasteiger partial charge >= 0.3 is 6.01 Å². The Balaban J connectivity index is 1.42. The summed E-state index contributed by atoms with van der Waals surface area (Å²) < 4.78 is 12.7. The topological polar surface area (TPSA) is 90.6 Å². The van der Waals surface area contributed by atoms with E-state index in [-0.39, 0.29) is 11.9 Å². The van der Waals surface area contributed by atoms with Gasteiger partial charge in [-0.05, 0) is 75.1 Å². The Morgan fingerprint density at radius 2 is 2.09 bits per heavy atom. The highest BCUT2D eigenvalue weighted by atomic mass is 16.5. The lowest BCUT2D eigenvalue weighted by atomic mass is 9.93. The maximum atomic E-state index is 13.1. The zero-order chi connectivity index (χ0) is 23.5. The summed E-state index contributed by atoms with van der Waals surface area (Å²) in [4.78, 5) is 22.2. The fraction of sp³-hybridized carbons (Fsp3) is 0.462. The van der Waals surface area contributed by atoms with Crippen LogP contribution in [0.4, 0.5) is 0 Å². The van der Waals surface area contributed by atoms with Crippen molar-refractivity contribution < 1.29 is 14.3 Å². The van der Waals surface area contributed by atoms with Crippen LogP contribution in [-0.2, 0) is 11.2 Å². The molecule has 2 aliphatic rings. The largest absolute Gasteiger partial charge is 0.464 e. The van der Waals surface area contributed by atoms with Gasteiger partial charge in [0.2, 0.25) is 0 Å². The molecule has 0 radical (unpaired) electrons. The third-order valence-corrected chi connectivity index (χ3v) is 6.80. The Bertz CT molecular complexity index is 1210. The number of carbonyl (C=O) groups excluding carboxylic acids is 1. The van der Waals surface area contributed by atoms with E-state index in [2.05, 4.69) is 26.5 Å². The second kappa shape index (κ2) is 9.93. The van der Waals surface area contributed by atoms with E-state index in [0.717, 1.165) is 72.9 Å². The second-order valence-corrected chi connectivity index (χ2v) is 8.94. The fourth-order valence-corrected chi connectivity index (χ4v) is 4.94. The molecule has 0 aromatic carbocycles. The average Bonchev–Trinajstić information content (AvgIpc) is 3.17. The van der Waals surface area contributed by atoms with Gasteiger partial charge in [0.05, 0.1) is 35.7 Å². The molecule has 1 saturated carbocycles. The van der Waals surface area contributed by atoms with Crippen LogP contribution in [0.5, 0.6) is 6.01 Å². The average molecular weight is 462 g/mol. The Hall–Kier alpha value is -3.26. The molecule has 5 rings (SSSR count). The minimum Gasteiger partial charge on any atom is -0.464 e. The molecule has 8 heteroatoms. The molecule has 0 bridgehead atoms. The zero-order valence-corrected chi connectivity index (χ0v) is 19.8. The normalized spacial score (nSPS) is 20.4. The van der Waals surface area contributed by atoms with E-state index >= 15 is 0 Å². The molecule has 3 aromatic rings. The van der Waals surface area contributed by atoms with Crippen LogP contribution in [0.1, 0.15) is 72.6 Å². The van der Waals surface area contributed by atoms with Crippen LogP contribution >= 0.6 is 0 Å². The zero-order valence-electron chi connectivity index (χ0n) is 19.8. The van der Waals surface area contributed by atoms with Crippen molar-refractivity contribution in [3.05, 3.63) is 59.2 Å². The standard InChI is InChI=1S/C26H31N5O3/c1-3-34-26-27-15-21-20(6-4-5-7-23(21)30-26)17-12-13-31-24(14-17)22(16-28-31)25(32)29-18-8-10-19(33-2)11-9-18/h6,12-16,18-19H,3-5,7-11H2,1-2H3,(H,29,32)/t18-,19-. The fourth-order valence-electron chi connectivity index (χ4n) is 4.94. The Labute approximate surface area is 199 Å². The van der Waals surface area contributed by atoms with Crippen LogP contribution < -0.4 is 10.1 Å². The van der Waals surface area contributed by atoms with Crippen molar-refractivity contribution in [2.75, 3.05) is 13.7 Å². The minimum absolute atomic E-state index is 0.0760. The van der Waals surface area contributed by atoms with Gasteiger partial charge in [0, 0.05) is 31.1 Å². The number of rotatable bonds is 6. The molecule has 0 unspecified atom stereocenters. The van der Waals surface area contributed by atoms with E-state index in [9.17, 15) is 4.79 Å². The number of allylic oxidation sites excluding steroid dienone is 1. The summed E-state index contributed by atoms with van der Waals surface area (Å²) >= 11 is 0. The molecule has 8 nitrogen and oxygen atoms in total. The quantitative estimate of drug-likeness (QED) is 0.597. The first-order valence-corrected chi connectivity index (χ1v) is 12.2. The molecule has 1 amide bonds. The van der Waals surface area contributed by atoms with Gasteiger partial charge in [-0.25, -0.2) is 9.50 Å². The van der Waals surface area contributed by atoms with Crippen molar-refractivity contribution in [2.24, 2.45) is 0 Å². The first-order valence-electron chi connectivity index (χ1n) is 12.2. The van der Waals surface area contributed by atoms with Crippen LogP contribution in [0.25, 0.3) is 11.1 Å². The van der Waals surface area contributed by atoms with Gasteiger partial charge in [0.1, 0.15) is 0 Å². The first-order chi connectivity index (χ1) is 16.7. The molecule has 178 valence electrons. The molecule has 3 heterocycles. The van der Waals surface area contributed by atoms with Crippen molar-refractivity contribution in [1.82, 2.24) is 24.9 Å². The third-order valence-electron chi connectivity index (χ3n) is 6.80. The Kier molecular flexibility index (Phi) is 6.58. The van der Waals surface area contributed by atoms with E-state index in [1.165, 1.54) is 0 Å². The van der Waals surface area contributed by atoms with Crippen LogP contribution in [0.2, 0.25) is 0 Å². The predicted molar refractivity (Wildman–Crippen MR) is 129 cm³/mol. The van der Waals surface area contributed by atoms with Crippen LogP contribution in [-0.4, -0.2) is 51.4 Å². The van der Waals surface area contributed by atoms with E-state index in [0.29, 0.717) is 24.3 Å². The van der Waals surface area contributed by atoms with Gasteiger partial charge in [-0.15, -0.1) is 0 Å². The summed E-state index contributed by atoms with van der Waals surface area (Å²) in [5.41, 5.74) is 5.51. The lowest BCUT2D eigenvalue weighted by molar-refractivity contribution is 0.0599. The molecule has 34 heavy (non-hydrogen) atoms. The van der Waals surface area contributed by atoms with Gasteiger partial charge in [-0.3, -0.25) is 4.79 Å². The number of ether oxygens (including phenoxy) is 2. The molecular formula is C26H31N5O3. The van der Waals surface area contributed by atoms with Gasteiger partial charge in [0.25, 0.3) is 5.91 Å². The van der Waals surface area contributed by atoms with Gasteiger partial charge in [-0.1, -0.05) is 6.08 Å². The number of fused-ring (bicyclic) bond motifs is 2. The number of aryl methyl sites for hydroxylation is 1. The van der Waals surface area contributed by atoms with Crippen molar-refractivity contribution in [2.45, 2.75) is 64.0 Å². The lowest BCUT2D eigenvalue weighted by Gasteiger charge is -2.28. The van der Waals surface area contributed by atoms with Crippen LogP contribution in [0.3, 0.4) is 0 Å². The number of carbonyl (C=O) groups is 1. The summed E-state index contributed by atoms with van der Waals surface area (Å²) in [5.74, 6) is -0.0760. The number of nitrogens with zero attached hydrogens (tertiary/aromatic N) is 4. The summed E-state index contributed by atoms with van der Waals surface area (Å²) in [7, 11) is 1.76. The highest BCUT2D eigenvalue weighted by Crippen LogP contribution is 2.31. The van der Waals surface area contributed by atoms with Crippen LogP contribution in [0.15, 0.2) is 36.8 Å². The molecule has 0 atom stereocenters. The molecule has 0 spiro atoms. The second-order valence-electron chi connectivity index (χ2n) is 8.94. The van der Waals surface area contributed by atoms with E-state index < -0.39 is 0 Å². The first kappa shape index (κ1) is 22.5. The van der Waals surface area contributed by atoms with Gasteiger partial charge in [0.15, 0.2) is 0 Å². The van der Waals surface area contributed by atoms with Crippen molar-refractivity contribution in [3.8, 4) is 6.01 Å². The third kappa shape index (κ3) is 4.55. The number of methoxy groups -OCH3 is 1. The monoisotopic (exact) mass is 461 g/mol. The Morgan fingerprint density at radius 3 is 2.88 bits per heavy atom. The lowest BCUT2D eigenvalue weighted by Crippen LogP contribution is -2.38. The summed E-state index contributed by atoms with van der Waals surface area (Å²) in [6.07, 6.45) is 14.6. The molecule has 2 aliphatic carbocycles. The minimum atomic E-state index is -0.0760. The van der Waals surface area contributed by atoms with E-state index in [1.807, 2.05) is 31.5 Å². The summed E-state index contributed by atoms with van der Waals surface area (Å²) in [6, 6.07) is 4.67. The number of aromatic nitrogens is 4. The smallest absolute Gasteiger partial charge is 0.316 e. The molecular weight excluding hydrogens is 430 g/mol. The highest BCUT2D eigenvalue weighted by Gasteiger charge is 2.24. The molecule has 0 saturated heterocycles. The molecule has 1 N–H and O–H groups in total. The predicted octanol–water partition coefficient (Wildman–Crippen LogP) is 3.98. The maximum absolute atomic E-state index is 13.1. The van der Waals surface area contributed by atoms with Gasteiger partial charge < -0.3 is 14.8 Å². The van der Waals surface area contributed by atoms with E-state index in [1.54, 1.807) is 17.8 Å². The molecule has 3 aromatic heterocycles. The number of nitrogens with one attached hydrogen (secondary N) is 1. The Morgan fingerprint density at radius 1 is 1.24 bits per heavy atom. The number of hydrogen-bond acceptors (Lipinski definition) is 6. The number of pyridine rings is 1. The van der Waals surface area contributed by atoms with Gasteiger partial charge in [-0.2, -0.15) is 10.1 Å². The number of hydrogen-bond donors (Lipinski definition) is 1. The van der Waals surface area contributed by atoms with Crippen molar-refractivity contribution >= 4 is 17.0 Å². The molecule has 0 aliphatic heterocycles. The van der Waals surface area contributed by atoms with E-state index in [4.69, 9.17) is 9.47 Å². The molecule has 1 fully saturated rings. The maximum Gasteiger partial charge on any atom is 0.316 e. The van der Waals surface area contributed by atoms with Crippen molar-refractivity contribution in [1.29, 1.82) is 0 Å². The number of amides is 1. The summed E-state index contributed by atoms with van der Waals surface area (Å²) in [5, 5.41) is 7.62. The SMILES string of the molecule is CCOc1ncc2c(n1)CCCC=C2c1ccn2ncc(C(=O)N[C@H]3CC[C@H](OC)CC3)c2c1. The van der Waals surface area contributed by atoms with Crippen LogP contribution in [0, 0.1) is 0 Å². The summed E-state index contributed by atoms with van der Waals surface area (Å²) in [6.45, 7) is 2.47. The highest BCUT2D eigenvalue weighted by molar-refractivity contribution is 6.01.